The molecule has 0 unspecified atom stereocenters. The van der Waals surface area contributed by atoms with Crippen molar-refractivity contribution in [2.45, 2.75) is 24.4 Å². The Bertz CT molecular complexity index is 1250. The molecular formula is C23H19ClN2O2S2. The van der Waals surface area contributed by atoms with Gasteiger partial charge in [0.1, 0.15) is 10.6 Å². The van der Waals surface area contributed by atoms with Gasteiger partial charge >= 0.3 is 0 Å². The Hall–Kier alpha value is -2.28. The Morgan fingerprint density at radius 3 is 2.70 bits per heavy atom. The number of ether oxygens (including phenoxy) is 1. The average molecular weight is 455 g/mol. The standard InChI is InChI=1S/C23H19ClN2O2S2/c24-15-9-11-17(12-10-15)28-13-14-29-23-25-21-20(18-7-4-8-19(18)30-21)22(27)26(23)16-5-2-1-3-6-16/h1-3,5-6,9-12H,4,7-8,13-14H2. The van der Waals surface area contributed by atoms with E-state index in [1.54, 1.807) is 27.7 Å². The second-order valence-electron chi connectivity index (χ2n) is 7.06. The van der Waals surface area contributed by atoms with Crippen molar-refractivity contribution in [2.24, 2.45) is 0 Å². The maximum Gasteiger partial charge on any atom is 0.267 e. The molecular weight excluding hydrogens is 436 g/mol. The van der Waals surface area contributed by atoms with E-state index in [4.69, 9.17) is 21.3 Å². The molecule has 0 aliphatic heterocycles. The van der Waals surface area contributed by atoms with Crippen LogP contribution in [0.5, 0.6) is 5.75 Å². The first-order valence-electron chi connectivity index (χ1n) is 9.84. The number of hydrogen-bond acceptors (Lipinski definition) is 5. The van der Waals surface area contributed by atoms with Gasteiger partial charge in [0, 0.05) is 15.7 Å². The summed E-state index contributed by atoms with van der Waals surface area (Å²) in [4.78, 5) is 20.6. The van der Waals surface area contributed by atoms with Crippen LogP contribution in [0.15, 0.2) is 64.5 Å². The predicted octanol–water partition coefficient (Wildman–Crippen LogP) is 5.76. The van der Waals surface area contributed by atoms with Crippen LogP contribution in [0.3, 0.4) is 0 Å². The highest BCUT2D eigenvalue weighted by Gasteiger charge is 2.23. The lowest BCUT2D eigenvalue weighted by molar-refractivity contribution is 0.344. The first-order chi connectivity index (χ1) is 14.7. The van der Waals surface area contributed by atoms with E-state index >= 15 is 0 Å². The van der Waals surface area contributed by atoms with Gasteiger partial charge in [-0.2, -0.15) is 0 Å². The first-order valence-corrected chi connectivity index (χ1v) is 12.0. The summed E-state index contributed by atoms with van der Waals surface area (Å²) in [5, 5.41) is 2.19. The first kappa shape index (κ1) is 19.7. The van der Waals surface area contributed by atoms with Crippen molar-refractivity contribution in [1.29, 1.82) is 0 Å². The van der Waals surface area contributed by atoms with Gasteiger partial charge in [-0.15, -0.1) is 11.3 Å². The maximum atomic E-state index is 13.5. The number of para-hydroxylation sites is 1. The highest BCUT2D eigenvalue weighted by molar-refractivity contribution is 7.99. The Morgan fingerprint density at radius 1 is 1.10 bits per heavy atom. The third kappa shape index (κ3) is 3.75. The summed E-state index contributed by atoms with van der Waals surface area (Å²) in [7, 11) is 0. The number of aromatic nitrogens is 2. The Morgan fingerprint density at radius 2 is 1.90 bits per heavy atom. The topological polar surface area (TPSA) is 44.1 Å². The Labute approximate surface area is 187 Å². The van der Waals surface area contributed by atoms with Gasteiger partial charge in [0.05, 0.1) is 17.7 Å². The summed E-state index contributed by atoms with van der Waals surface area (Å²) in [5.74, 6) is 1.46. The summed E-state index contributed by atoms with van der Waals surface area (Å²) in [5.41, 5.74) is 2.09. The second-order valence-corrected chi connectivity index (χ2v) is 9.64. The van der Waals surface area contributed by atoms with Crippen LogP contribution in [0.1, 0.15) is 16.9 Å². The van der Waals surface area contributed by atoms with Crippen LogP contribution in [-0.2, 0) is 12.8 Å². The van der Waals surface area contributed by atoms with Crippen molar-refractivity contribution in [3.63, 3.8) is 0 Å². The van der Waals surface area contributed by atoms with E-state index in [2.05, 4.69) is 0 Å². The van der Waals surface area contributed by atoms with E-state index in [9.17, 15) is 4.79 Å². The van der Waals surface area contributed by atoms with Crippen molar-refractivity contribution < 1.29 is 4.74 Å². The number of hydrogen-bond donors (Lipinski definition) is 0. The number of aryl methyl sites for hydroxylation is 2. The number of thioether (sulfide) groups is 1. The fourth-order valence-electron chi connectivity index (χ4n) is 3.75. The molecule has 4 aromatic rings. The molecule has 0 saturated carbocycles. The second kappa shape index (κ2) is 8.46. The molecule has 2 heterocycles. The van der Waals surface area contributed by atoms with Gasteiger partial charge < -0.3 is 4.74 Å². The lowest BCUT2D eigenvalue weighted by Crippen LogP contribution is -2.22. The molecule has 0 saturated heterocycles. The van der Waals surface area contributed by atoms with Crippen LogP contribution in [0.4, 0.5) is 0 Å². The normalized spacial score (nSPS) is 13.0. The van der Waals surface area contributed by atoms with Gasteiger partial charge in [-0.3, -0.25) is 9.36 Å². The molecule has 30 heavy (non-hydrogen) atoms. The number of fused-ring (bicyclic) bond motifs is 3. The van der Waals surface area contributed by atoms with Crippen LogP contribution in [0, 0.1) is 0 Å². The third-order valence-electron chi connectivity index (χ3n) is 5.12. The molecule has 7 heteroatoms. The number of rotatable bonds is 6. The molecule has 0 fully saturated rings. The SMILES string of the molecule is O=c1c2c3c(sc2nc(SCCOc2ccc(Cl)cc2)n1-c1ccccc1)CCC3. The van der Waals surface area contributed by atoms with Crippen molar-refractivity contribution >= 4 is 44.9 Å². The summed E-state index contributed by atoms with van der Waals surface area (Å²) in [6.45, 7) is 0.510. The molecule has 0 bridgehead atoms. The molecule has 1 aliphatic carbocycles. The average Bonchev–Trinajstić information content (AvgIpc) is 3.34. The number of halogens is 1. The van der Waals surface area contributed by atoms with Crippen LogP contribution < -0.4 is 10.3 Å². The number of benzene rings is 2. The zero-order valence-corrected chi connectivity index (χ0v) is 18.5. The van der Waals surface area contributed by atoms with E-state index in [1.165, 1.54) is 10.4 Å². The molecule has 1 aliphatic rings. The largest absolute Gasteiger partial charge is 0.493 e. The lowest BCUT2D eigenvalue weighted by atomic mass is 10.2. The summed E-state index contributed by atoms with van der Waals surface area (Å²) >= 11 is 9.14. The fourth-order valence-corrected chi connectivity index (χ4v) is 6.01. The van der Waals surface area contributed by atoms with Crippen LogP contribution >= 0.6 is 34.7 Å². The Kier molecular flexibility index (Phi) is 5.54. The number of nitrogens with zero attached hydrogens (tertiary/aromatic N) is 2. The van der Waals surface area contributed by atoms with Crippen molar-refractivity contribution in [3.05, 3.63) is 80.4 Å². The minimum absolute atomic E-state index is 0.0340. The summed E-state index contributed by atoms with van der Waals surface area (Å²) < 4.78 is 7.55. The molecule has 4 nitrogen and oxygen atoms in total. The van der Waals surface area contributed by atoms with Gasteiger partial charge in [-0.25, -0.2) is 4.98 Å². The van der Waals surface area contributed by atoms with Gasteiger partial charge in [-0.05, 0) is 61.2 Å². The van der Waals surface area contributed by atoms with Crippen molar-refractivity contribution in [1.82, 2.24) is 9.55 Å². The molecule has 0 radical (unpaired) electrons. The van der Waals surface area contributed by atoms with E-state index in [0.29, 0.717) is 22.5 Å². The minimum atomic E-state index is 0.0340. The molecule has 2 aromatic heterocycles. The molecule has 2 aromatic carbocycles. The van der Waals surface area contributed by atoms with E-state index < -0.39 is 0 Å². The smallest absolute Gasteiger partial charge is 0.267 e. The van der Waals surface area contributed by atoms with Gasteiger partial charge in [0.15, 0.2) is 5.16 Å². The number of thiophene rings is 1. The van der Waals surface area contributed by atoms with Gasteiger partial charge in [0.25, 0.3) is 5.56 Å². The van der Waals surface area contributed by atoms with Crippen molar-refractivity contribution in [2.75, 3.05) is 12.4 Å². The third-order valence-corrected chi connectivity index (χ3v) is 7.46. The van der Waals surface area contributed by atoms with Crippen molar-refractivity contribution in [3.8, 4) is 11.4 Å². The van der Waals surface area contributed by atoms with Gasteiger partial charge in [0.2, 0.25) is 0 Å². The summed E-state index contributed by atoms with van der Waals surface area (Å²) in [6.07, 6.45) is 3.15. The highest BCUT2D eigenvalue weighted by atomic mass is 35.5. The van der Waals surface area contributed by atoms with Gasteiger partial charge in [-0.1, -0.05) is 41.6 Å². The van der Waals surface area contributed by atoms with E-state index in [0.717, 1.165) is 40.9 Å². The van der Waals surface area contributed by atoms with Crippen LogP contribution in [0.25, 0.3) is 15.9 Å². The lowest BCUT2D eigenvalue weighted by Gasteiger charge is -2.13. The monoisotopic (exact) mass is 454 g/mol. The maximum absolute atomic E-state index is 13.5. The minimum Gasteiger partial charge on any atom is -0.493 e. The fraction of sp³-hybridized carbons (Fsp3) is 0.217. The molecule has 0 atom stereocenters. The van der Waals surface area contributed by atoms with Crippen LogP contribution in [-0.4, -0.2) is 21.9 Å². The molecule has 152 valence electrons. The van der Waals surface area contributed by atoms with E-state index in [-0.39, 0.29) is 5.56 Å². The zero-order valence-electron chi connectivity index (χ0n) is 16.1. The quantitative estimate of drug-likeness (QED) is 0.211. The molecule has 0 N–H and O–H groups in total. The highest BCUT2D eigenvalue weighted by Crippen LogP contribution is 2.36. The molecule has 5 rings (SSSR count). The van der Waals surface area contributed by atoms with E-state index in [1.807, 2.05) is 54.6 Å². The molecule has 0 spiro atoms. The Balaban J connectivity index is 1.46. The zero-order chi connectivity index (χ0) is 20.5. The van der Waals surface area contributed by atoms with Crippen LogP contribution in [0.2, 0.25) is 5.02 Å². The molecule has 0 amide bonds. The predicted molar refractivity (Wildman–Crippen MR) is 125 cm³/mol. The summed E-state index contributed by atoms with van der Waals surface area (Å²) in [6, 6.07) is 17.1.